The van der Waals surface area contributed by atoms with Crippen LogP contribution in [0.2, 0.25) is 0 Å². The topological polar surface area (TPSA) is 37.8 Å². The Kier molecular flexibility index (Phi) is 4.95. The summed E-state index contributed by atoms with van der Waals surface area (Å²) in [5.74, 6) is -1.20. The van der Waals surface area contributed by atoms with Gasteiger partial charge in [0.2, 0.25) is 0 Å². The highest BCUT2D eigenvalue weighted by atomic mass is 79.9. The molecule has 0 bridgehead atoms. The first-order valence-electron chi connectivity index (χ1n) is 5.78. The Labute approximate surface area is 122 Å². The summed E-state index contributed by atoms with van der Waals surface area (Å²) in [6, 6.07) is 1.96. The molecule has 0 aliphatic carbocycles. The molecular weight excluding hydrogens is 336 g/mol. The molecule has 1 heterocycles. The zero-order valence-electron chi connectivity index (χ0n) is 10.2. The van der Waals surface area contributed by atoms with Crippen molar-refractivity contribution in [3.05, 3.63) is 44.9 Å². The highest BCUT2D eigenvalue weighted by Gasteiger charge is 2.24. The lowest BCUT2D eigenvalue weighted by Crippen LogP contribution is -2.25. The van der Waals surface area contributed by atoms with Crippen molar-refractivity contribution in [1.29, 1.82) is 0 Å². The normalized spacial score (nSPS) is 12.6. The van der Waals surface area contributed by atoms with E-state index in [0.717, 1.165) is 18.0 Å². The van der Waals surface area contributed by atoms with Crippen molar-refractivity contribution in [2.75, 3.05) is 6.54 Å². The van der Waals surface area contributed by atoms with Gasteiger partial charge in [-0.05, 0) is 52.6 Å². The molecule has 0 amide bonds. The van der Waals surface area contributed by atoms with Crippen LogP contribution < -0.4 is 5.32 Å². The fraction of sp³-hybridized carbons (Fsp3) is 0.333. The van der Waals surface area contributed by atoms with Crippen LogP contribution in [-0.4, -0.2) is 16.1 Å². The van der Waals surface area contributed by atoms with Crippen LogP contribution >= 0.6 is 27.5 Å². The first-order chi connectivity index (χ1) is 9.15. The third-order valence-electron chi connectivity index (χ3n) is 2.64. The maximum Gasteiger partial charge on any atom is 0.145 e. The molecule has 1 aromatic heterocycles. The van der Waals surface area contributed by atoms with Crippen LogP contribution in [0.15, 0.2) is 22.0 Å². The van der Waals surface area contributed by atoms with Gasteiger partial charge in [-0.2, -0.15) is 0 Å². The van der Waals surface area contributed by atoms with E-state index in [1.54, 1.807) is 5.38 Å². The van der Waals surface area contributed by atoms with Gasteiger partial charge >= 0.3 is 0 Å². The SMILES string of the molecule is CCCNC(c1csnn1)c1c(F)ccc(Br)c1F. The van der Waals surface area contributed by atoms with Crippen LogP contribution in [0.4, 0.5) is 8.78 Å². The van der Waals surface area contributed by atoms with Crippen molar-refractivity contribution in [1.82, 2.24) is 14.9 Å². The molecule has 0 saturated carbocycles. The summed E-state index contributed by atoms with van der Waals surface area (Å²) >= 11 is 4.23. The van der Waals surface area contributed by atoms with Crippen molar-refractivity contribution in [3.8, 4) is 0 Å². The Bertz CT molecular complexity index is 548. The lowest BCUT2D eigenvalue weighted by molar-refractivity contribution is 0.494. The molecule has 0 spiro atoms. The summed E-state index contributed by atoms with van der Waals surface area (Å²) in [6.07, 6.45) is 0.852. The van der Waals surface area contributed by atoms with E-state index in [4.69, 9.17) is 0 Å². The largest absolute Gasteiger partial charge is 0.305 e. The molecule has 1 unspecified atom stereocenters. The van der Waals surface area contributed by atoms with Crippen LogP contribution in [0.1, 0.15) is 30.6 Å². The molecule has 102 valence electrons. The average Bonchev–Trinajstić information content (AvgIpc) is 2.92. The van der Waals surface area contributed by atoms with Crippen LogP contribution in [0.5, 0.6) is 0 Å². The third-order valence-corrected chi connectivity index (χ3v) is 3.77. The van der Waals surface area contributed by atoms with Crippen molar-refractivity contribution >= 4 is 27.5 Å². The van der Waals surface area contributed by atoms with Gasteiger partial charge in [-0.25, -0.2) is 8.78 Å². The van der Waals surface area contributed by atoms with Crippen molar-refractivity contribution in [2.45, 2.75) is 19.4 Å². The van der Waals surface area contributed by atoms with Gasteiger partial charge < -0.3 is 5.32 Å². The monoisotopic (exact) mass is 347 g/mol. The number of aromatic nitrogens is 2. The number of nitrogens with zero attached hydrogens (tertiary/aromatic N) is 2. The smallest absolute Gasteiger partial charge is 0.145 e. The summed E-state index contributed by atoms with van der Waals surface area (Å²) in [6.45, 7) is 2.62. The number of hydrogen-bond donors (Lipinski definition) is 1. The van der Waals surface area contributed by atoms with Crippen LogP contribution in [0, 0.1) is 11.6 Å². The summed E-state index contributed by atoms with van der Waals surface area (Å²) in [7, 11) is 0. The second-order valence-electron chi connectivity index (χ2n) is 3.97. The molecular formula is C12H12BrF2N3S. The lowest BCUT2D eigenvalue weighted by Gasteiger charge is -2.18. The second-order valence-corrected chi connectivity index (χ2v) is 5.44. The van der Waals surface area contributed by atoms with E-state index in [1.165, 1.54) is 12.1 Å². The molecule has 7 heteroatoms. The Balaban J connectivity index is 2.46. The van der Waals surface area contributed by atoms with Gasteiger partial charge in [0.25, 0.3) is 0 Å². The molecule has 0 radical (unpaired) electrons. The molecule has 2 aromatic rings. The zero-order valence-corrected chi connectivity index (χ0v) is 12.6. The predicted molar refractivity (Wildman–Crippen MR) is 74.1 cm³/mol. The fourth-order valence-corrected chi connectivity index (χ4v) is 2.57. The van der Waals surface area contributed by atoms with E-state index in [1.807, 2.05) is 6.92 Å². The highest BCUT2D eigenvalue weighted by Crippen LogP contribution is 2.30. The Morgan fingerprint density at radius 1 is 1.42 bits per heavy atom. The minimum absolute atomic E-state index is 0.0319. The molecule has 0 aliphatic rings. The Hall–Kier alpha value is -0.920. The molecule has 1 N–H and O–H groups in total. The Morgan fingerprint density at radius 2 is 2.21 bits per heavy atom. The van der Waals surface area contributed by atoms with E-state index in [9.17, 15) is 8.78 Å². The number of rotatable bonds is 5. The summed E-state index contributed by atoms with van der Waals surface area (Å²) in [5, 5.41) is 8.70. The van der Waals surface area contributed by atoms with Gasteiger partial charge in [0.15, 0.2) is 0 Å². The maximum absolute atomic E-state index is 14.2. The first-order valence-corrected chi connectivity index (χ1v) is 7.41. The number of halogens is 3. The summed E-state index contributed by atoms with van der Waals surface area (Å²) in [4.78, 5) is 0. The van der Waals surface area contributed by atoms with E-state index >= 15 is 0 Å². The van der Waals surface area contributed by atoms with Gasteiger partial charge in [0.05, 0.1) is 16.2 Å². The first kappa shape index (κ1) is 14.5. The highest BCUT2D eigenvalue weighted by molar-refractivity contribution is 9.10. The predicted octanol–water partition coefficient (Wildman–Crippen LogP) is 3.67. The molecule has 0 saturated heterocycles. The summed E-state index contributed by atoms with van der Waals surface area (Å²) < 4.78 is 32.1. The quantitative estimate of drug-likeness (QED) is 0.838. The Morgan fingerprint density at radius 3 is 2.84 bits per heavy atom. The molecule has 0 fully saturated rings. The van der Waals surface area contributed by atoms with Crippen molar-refractivity contribution in [2.24, 2.45) is 0 Å². The number of benzene rings is 1. The maximum atomic E-state index is 14.2. The number of hydrogen-bond acceptors (Lipinski definition) is 4. The van der Waals surface area contributed by atoms with Crippen LogP contribution in [0.3, 0.4) is 0 Å². The lowest BCUT2D eigenvalue weighted by atomic mass is 10.0. The number of nitrogens with one attached hydrogen (secondary N) is 1. The van der Waals surface area contributed by atoms with Crippen molar-refractivity contribution in [3.63, 3.8) is 0 Å². The van der Waals surface area contributed by atoms with E-state index < -0.39 is 17.7 Å². The van der Waals surface area contributed by atoms with E-state index in [-0.39, 0.29) is 10.0 Å². The standard InChI is InChI=1S/C12H12BrF2N3S/c1-2-5-16-12(9-6-19-18-17-9)10-8(14)4-3-7(13)11(10)15/h3-4,6,12,16H,2,5H2,1H3. The zero-order chi connectivity index (χ0) is 13.8. The average molecular weight is 348 g/mol. The van der Waals surface area contributed by atoms with E-state index in [2.05, 4.69) is 30.8 Å². The van der Waals surface area contributed by atoms with Gasteiger partial charge in [-0.1, -0.05) is 11.4 Å². The van der Waals surface area contributed by atoms with Gasteiger partial charge in [-0.15, -0.1) is 5.10 Å². The molecule has 1 atom stereocenters. The van der Waals surface area contributed by atoms with Crippen LogP contribution in [0.25, 0.3) is 0 Å². The van der Waals surface area contributed by atoms with Crippen LogP contribution in [-0.2, 0) is 0 Å². The molecule has 1 aromatic carbocycles. The minimum atomic E-state index is -0.629. The fourth-order valence-electron chi connectivity index (χ4n) is 1.75. The van der Waals surface area contributed by atoms with Gasteiger partial charge in [-0.3, -0.25) is 0 Å². The van der Waals surface area contributed by atoms with Crippen molar-refractivity contribution < 1.29 is 8.78 Å². The van der Waals surface area contributed by atoms with Gasteiger partial charge in [0, 0.05) is 10.9 Å². The van der Waals surface area contributed by atoms with Gasteiger partial charge in [0.1, 0.15) is 11.6 Å². The molecule has 19 heavy (non-hydrogen) atoms. The molecule has 3 nitrogen and oxygen atoms in total. The molecule has 2 rings (SSSR count). The second kappa shape index (κ2) is 6.49. The minimum Gasteiger partial charge on any atom is -0.305 e. The van der Waals surface area contributed by atoms with E-state index in [0.29, 0.717) is 12.2 Å². The molecule has 0 aliphatic heterocycles. The third kappa shape index (κ3) is 3.16. The summed E-state index contributed by atoms with van der Waals surface area (Å²) in [5.41, 5.74) is 0.491.